The Morgan fingerprint density at radius 1 is 1.06 bits per heavy atom. The Hall–Kier alpha value is -2.43. The fourth-order valence-corrected chi connectivity index (χ4v) is 6.02. The van der Waals surface area contributed by atoms with E-state index in [4.69, 9.17) is 9.72 Å². The first kappa shape index (κ1) is 20.5. The third kappa shape index (κ3) is 3.72. The van der Waals surface area contributed by atoms with Crippen LogP contribution >= 0.6 is 11.3 Å². The Morgan fingerprint density at radius 2 is 1.87 bits per heavy atom. The summed E-state index contributed by atoms with van der Waals surface area (Å²) in [6, 6.07) is 14.8. The summed E-state index contributed by atoms with van der Waals surface area (Å²) >= 11 is 1.78. The van der Waals surface area contributed by atoms with Gasteiger partial charge in [0.1, 0.15) is 5.75 Å². The molecule has 0 aliphatic heterocycles. The number of ether oxygens (including phenoxy) is 1. The van der Waals surface area contributed by atoms with E-state index >= 15 is 0 Å². The van der Waals surface area contributed by atoms with E-state index in [0.717, 1.165) is 47.2 Å². The van der Waals surface area contributed by atoms with Crippen LogP contribution in [-0.4, -0.2) is 16.2 Å². The minimum atomic E-state index is -0.0237. The standard InChI is InChI=1S/C27H29NO2S/c1-3-18-13-14-23(30-20-9-5-4-6-10-20)25-19(16-29)15-22(28-26(18)25)27-17(2)21-11-7-8-12-24(21)31-27/h7-8,11-15,20,29H,3-6,9-10,16H2,1-2H3. The molecule has 0 amide bonds. The normalized spacial score (nSPS) is 15.1. The highest BCUT2D eigenvalue weighted by atomic mass is 32.1. The van der Waals surface area contributed by atoms with Gasteiger partial charge >= 0.3 is 0 Å². The smallest absolute Gasteiger partial charge is 0.129 e. The van der Waals surface area contributed by atoms with Gasteiger partial charge in [0.2, 0.25) is 0 Å². The number of aromatic nitrogens is 1. The van der Waals surface area contributed by atoms with E-state index < -0.39 is 0 Å². The first-order chi connectivity index (χ1) is 15.2. The molecule has 0 unspecified atom stereocenters. The summed E-state index contributed by atoms with van der Waals surface area (Å²) in [5.74, 6) is 0.871. The Morgan fingerprint density at radius 3 is 2.61 bits per heavy atom. The van der Waals surface area contributed by atoms with Crippen LogP contribution in [0.2, 0.25) is 0 Å². The van der Waals surface area contributed by atoms with Gasteiger partial charge < -0.3 is 9.84 Å². The molecule has 2 heterocycles. The maximum absolute atomic E-state index is 10.3. The van der Waals surface area contributed by atoms with Crippen LogP contribution in [0.1, 0.15) is 55.7 Å². The van der Waals surface area contributed by atoms with Crippen LogP contribution in [0, 0.1) is 6.92 Å². The van der Waals surface area contributed by atoms with E-state index in [9.17, 15) is 5.11 Å². The molecule has 0 bridgehead atoms. The highest BCUT2D eigenvalue weighted by Gasteiger charge is 2.21. The quantitative estimate of drug-likeness (QED) is 0.363. The van der Waals surface area contributed by atoms with Crippen LogP contribution < -0.4 is 4.74 Å². The van der Waals surface area contributed by atoms with Crippen molar-refractivity contribution in [3.05, 3.63) is 59.2 Å². The molecule has 3 nitrogen and oxygen atoms in total. The molecule has 2 aromatic carbocycles. The minimum absolute atomic E-state index is 0.0237. The van der Waals surface area contributed by atoms with Crippen LogP contribution in [0.5, 0.6) is 5.75 Å². The topological polar surface area (TPSA) is 42.4 Å². The number of thiophene rings is 1. The van der Waals surface area contributed by atoms with Crippen molar-refractivity contribution in [2.24, 2.45) is 0 Å². The van der Waals surface area contributed by atoms with Crippen LogP contribution in [0.3, 0.4) is 0 Å². The van der Waals surface area contributed by atoms with Crippen molar-refractivity contribution in [1.29, 1.82) is 0 Å². The van der Waals surface area contributed by atoms with Crippen molar-refractivity contribution in [1.82, 2.24) is 4.98 Å². The number of hydrogen-bond acceptors (Lipinski definition) is 4. The van der Waals surface area contributed by atoms with Crippen LogP contribution in [0.25, 0.3) is 31.6 Å². The molecule has 1 aliphatic rings. The Bertz CT molecular complexity index is 1240. The molecule has 5 rings (SSSR count). The molecular weight excluding hydrogens is 402 g/mol. The number of aliphatic hydroxyl groups is 1. The Kier molecular flexibility index (Phi) is 5.68. The van der Waals surface area contributed by atoms with Gasteiger partial charge in [0.25, 0.3) is 0 Å². The number of benzene rings is 2. The fourth-order valence-electron chi connectivity index (χ4n) is 4.85. The third-order valence-electron chi connectivity index (χ3n) is 6.56. The van der Waals surface area contributed by atoms with Crippen LogP contribution in [-0.2, 0) is 13.0 Å². The third-order valence-corrected chi connectivity index (χ3v) is 7.86. The summed E-state index contributed by atoms with van der Waals surface area (Å²) < 4.78 is 7.75. The SMILES string of the molecule is CCc1ccc(OC2CCCCC2)c2c(CO)cc(-c3sc4ccccc4c3C)nc12. The lowest BCUT2D eigenvalue weighted by Gasteiger charge is -2.24. The number of rotatable bonds is 5. The van der Waals surface area contributed by atoms with Gasteiger partial charge in [-0.1, -0.05) is 37.6 Å². The highest BCUT2D eigenvalue weighted by molar-refractivity contribution is 7.22. The van der Waals surface area contributed by atoms with E-state index in [-0.39, 0.29) is 12.7 Å². The number of aliphatic hydroxyl groups excluding tert-OH is 1. The molecular formula is C27H29NO2S. The number of hydrogen-bond donors (Lipinski definition) is 1. The number of pyridine rings is 1. The molecule has 31 heavy (non-hydrogen) atoms. The molecule has 0 radical (unpaired) electrons. The summed E-state index contributed by atoms with van der Waals surface area (Å²) in [5.41, 5.74) is 5.26. The minimum Gasteiger partial charge on any atom is -0.490 e. The maximum atomic E-state index is 10.3. The summed E-state index contributed by atoms with van der Waals surface area (Å²) in [4.78, 5) is 6.33. The lowest BCUT2D eigenvalue weighted by Crippen LogP contribution is -2.20. The second-order valence-electron chi connectivity index (χ2n) is 8.55. The van der Waals surface area contributed by atoms with Crippen molar-refractivity contribution in [3.8, 4) is 16.3 Å². The largest absolute Gasteiger partial charge is 0.490 e. The van der Waals surface area contributed by atoms with E-state index in [2.05, 4.69) is 56.3 Å². The second kappa shape index (κ2) is 8.60. The number of fused-ring (bicyclic) bond motifs is 2. The lowest BCUT2D eigenvalue weighted by molar-refractivity contribution is 0.157. The summed E-state index contributed by atoms with van der Waals surface area (Å²) in [7, 11) is 0. The van der Waals surface area contributed by atoms with Gasteiger partial charge in [-0.15, -0.1) is 11.3 Å². The molecule has 1 fully saturated rings. The monoisotopic (exact) mass is 431 g/mol. The summed E-state index contributed by atoms with van der Waals surface area (Å²) in [5, 5.41) is 12.6. The van der Waals surface area contributed by atoms with Crippen molar-refractivity contribution < 1.29 is 9.84 Å². The fraction of sp³-hybridized carbons (Fsp3) is 0.370. The predicted octanol–water partition coefficient (Wildman–Crippen LogP) is 7.19. The summed E-state index contributed by atoms with van der Waals surface area (Å²) in [6.07, 6.45) is 7.15. The van der Waals surface area contributed by atoms with Crippen molar-refractivity contribution in [2.45, 2.75) is 65.1 Å². The predicted molar refractivity (Wildman–Crippen MR) is 130 cm³/mol. The van der Waals surface area contributed by atoms with Gasteiger partial charge in [0, 0.05) is 10.1 Å². The van der Waals surface area contributed by atoms with E-state index in [0.29, 0.717) is 0 Å². The van der Waals surface area contributed by atoms with Crippen LogP contribution in [0.4, 0.5) is 0 Å². The van der Waals surface area contributed by atoms with Crippen molar-refractivity contribution >= 4 is 32.3 Å². The van der Waals surface area contributed by atoms with Gasteiger partial charge in [-0.25, -0.2) is 4.98 Å². The maximum Gasteiger partial charge on any atom is 0.129 e. The second-order valence-corrected chi connectivity index (χ2v) is 9.61. The molecule has 1 saturated carbocycles. The zero-order chi connectivity index (χ0) is 21.4. The molecule has 1 aliphatic carbocycles. The molecule has 160 valence electrons. The average Bonchev–Trinajstić information content (AvgIpc) is 3.16. The van der Waals surface area contributed by atoms with E-state index in [1.165, 1.54) is 45.4 Å². The molecule has 1 N–H and O–H groups in total. The van der Waals surface area contributed by atoms with Crippen LogP contribution in [0.15, 0.2) is 42.5 Å². The molecule has 4 aromatic rings. The van der Waals surface area contributed by atoms with Gasteiger partial charge in [0.15, 0.2) is 0 Å². The van der Waals surface area contributed by atoms with Crippen molar-refractivity contribution in [2.75, 3.05) is 0 Å². The summed E-state index contributed by atoms with van der Waals surface area (Å²) in [6.45, 7) is 4.31. The lowest BCUT2D eigenvalue weighted by atomic mass is 9.97. The van der Waals surface area contributed by atoms with Gasteiger partial charge in [0.05, 0.1) is 28.8 Å². The number of aryl methyl sites for hydroxylation is 2. The van der Waals surface area contributed by atoms with Crippen molar-refractivity contribution in [3.63, 3.8) is 0 Å². The molecule has 0 saturated heterocycles. The first-order valence-electron chi connectivity index (χ1n) is 11.4. The van der Waals surface area contributed by atoms with E-state index in [1.54, 1.807) is 11.3 Å². The number of nitrogens with zero attached hydrogens (tertiary/aromatic N) is 1. The Labute approximate surface area is 187 Å². The van der Waals surface area contributed by atoms with Gasteiger partial charge in [-0.3, -0.25) is 0 Å². The molecule has 0 atom stereocenters. The zero-order valence-electron chi connectivity index (χ0n) is 18.3. The highest BCUT2D eigenvalue weighted by Crippen LogP contribution is 2.41. The molecule has 2 aromatic heterocycles. The zero-order valence-corrected chi connectivity index (χ0v) is 19.1. The Balaban J connectivity index is 1.68. The van der Waals surface area contributed by atoms with Gasteiger partial charge in [-0.2, -0.15) is 0 Å². The first-order valence-corrected chi connectivity index (χ1v) is 12.2. The molecule has 4 heteroatoms. The van der Waals surface area contributed by atoms with Gasteiger partial charge in [-0.05, 0) is 79.3 Å². The average molecular weight is 432 g/mol. The molecule has 0 spiro atoms. The van der Waals surface area contributed by atoms with E-state index in [1.807, 2.05) is 0 Å².